The van der Waals surface area contributed by atoms with E-state index in [2.05, 4.69) is 194 Å². The van der Waals surface area contributed by atoms with Gasteiger partial charge in [-0.25, -0.2) is 0 Å². The SMILES string of the molecule is Cc1ccc(N(c2ccccc2)c2ccc(/C=C/c3ccc(-c4ccc(/C=C/c5cccc6c5C=CCC6)cc4)cc3)cc2)cc1. The topological polar surface area (TPSA) is 3.24 Å². The van der Waals surface area contributed by atoms with Gasteiger partial charge >= 0.3 is 0 Å². The lowest BCUT2D eigenvalue weighted by Gasteiger charge is -2.25. The van der Waals surface area contributed by atoms with Crippen LogP contribution in [-0.4, -0.2) is 0 Å². The maximum atomic E-state index is 2.29. The van der Waals surface area contributed by atoms with Crippen molar-refractivity contribution in [1.29, 1.82) is 0 Å². The Kier molecular flexibility index (Phi) is 8.56. The summed E-state index contributed by atoms with van der Waals surface area (Å²) < 4.78 is 0. The summed E-state index contributed by atoms with van der Waals surface area (Å²) in [7, 11) is 0. The van der Waals surface area contributed by atoms with Crippen molar-refractivity contribution in [2.75, 3.05) is 4.90 Å². The molecule has 7 rings (SSSR count). The van der Waals surface area contributed by atoms with Crippen LogP contribution in [0.4, 0.5) is 17.1 Å². The molecule has 0 aromatic heterocycles. The van der Waals surface area contributed by atoms with E-state index >= 15 is 0 Å². The van der Waals surface area contributed by atoms with Crippen molar-refractivity contribution in [3.8, 4) is 11.1 Å². The Morgan fingerprint density at radius 3 is 1.61 bits per heavy atom. The molecule has 0 N–H and O–H groups in total. The molecule has 222 valence electrons. The number of aryl methyl sites for hydroxylation is 2. The molecule has 0 saturated heterocycles. The molecule has 0 fully saturated rings. The van der Waals surface area contributed by atoms with E-state index in [-0.39, 0.29) is 0 Å². The maximum absolute atomic E-state index is 2.29. The van der Waals surface area contributed by atoms with Gasteiger partial charge in [-0.1, -0.05) is 151 Å². The van der Waals surface area contributed by atoms with Crippen LogP contribution in [0.1, 0.15) is 45.4 Å². The Bertz CT molecular complexity index is 1990. The average Bonchev–Trinajstić information content (AvgIpc) is 3.12. The first-order valence-electron chi connectivity index (χ1n) is 16.1. The molecule has 0 atom stereocenters. The lowest BCUT2D eigenvalue weighted by molar-refractivity contribution is 0.985. The molecule has 6 aromatic carbocycles. The molecular weight excluding hydrogens is 555 g/mol. The molecule has 6 aromatic rings. The van der Waals surface area contributed by atoms with Crippen LogP contribution in [0, 0.1) is 6.92 Å². The Hall–Kier alpha value is -5.66. The molecule has 1 aliphatic carbocycles. The van der Waals surface area contributed by atoms with Crippen molar-refractivity contribution in [2.24, 2.45) is 0 Å². The number of nitrogens with zero attached hydrogens (tertiary/aromatic N) is 1. The molecule has 1 nitrogen and oxygen atoms in total. The van der Waals surface area contributed by atoms with Crippen LogP contribution in [0.25, 0.3) is 41.5 Å². The zero-order valence-corrected chi connectivity index (χ0v) is 26.2. The molecule has 0 aliphatic heterocycles. The van der Waals surface area contributed by atoms with Gasteiger partial charge in [0.2, 0.25) is 0 Å². The molecule has 0 amide bonds. The Labute approximate surface area is 273 Å². The molecule has 0 heterocycles. The lowest BCUT2D eigenvalue weighted by Crippen LogP contribution is -2.09. The van der Waals surface area contributed by atoms with E-state index < -0.39 is 0 Å². The van der Waals surface area contributed by atoms with Gasteiger partial charge in [0.05, 0.1) is 0 Å². The van der Waals surface area contributed by atoms with Gasteiger partial charge in [-0.05, 0) is 101 Å². The monoisotopic (exact) mass is 591 g/mol. The van der Waals surface area contributed by atoms with Gasteiger partial charge in [-0.15, -0.1) is 0 Å². The van der Waals surface area contributed by atoms with Crippen LogP contribution in [0.2, 0.25) is 0 Å². The molecule has 0 radical (unpaired) electrons. The highest BCUT2D eigenvalue weighted by atomic mass is 15.1. The van der Waals surface area contributed by atoms with E-state index in [9.17, 15) is 0 Å². The highest BCUT2D eigenvalue weighted by molar-refractivity contribution is 5.80. The maximum Gasteiger partial charge on any atom is 0.0462 e. The third-order valence-electron chi connectivity index (χ3n) is 8.63. The van der Waals surface area contributed by atoms with Gasteiger partial charge in [0.15, 0.2) is 0 Å². The van der Waals surface area contributed by atoms with E-state index in [0.29, 0.717) is 0 Å². The van der Waals surface area contributed by atoms with Gasteiger partial charge in [-0.2, -0.15) is 0 Å². The third-order valence-corrected chi connectivity index (χ3v) is 8.63. The highest BCUT2D eigenvalue weighted by Gasteiger charge is 2.12. The van der Waals surface area contributed by atoms with Crippen LogP contribution >= 0.6 is 0 Å². The van der Waals surface area contributed by atoms with Gasteiger partial charge in [0, 0.05) is 17.1 Å². The van der Waals surface area contributed by atoms with Gasteiger partial charge in [-0.3, -0.25) is 0 Å². The fourth-order valence-corrected chi connectivity index (χ4v) is 6.04. The van der Waals surface area contributed by atoms with Gasteiger partial charge < -0.3 is 4.90 Å². The summed E-state index contributed by atoms with van der Waals surface area (Å²) in [5.74, 6) is 0. The highest BCUT2D eigenvalue weighted by Crippen LogP contribution is 2.34. The van der Waals surface area contributed by atoms with Crippen molar-refractivity contribution < 1.29 is 0 Å². The predicted molar refractivity (Wildman–Crippen MR) is 199 cm³/mol. The largest absolute Gasteiger partial charge is 0.311 e. The smallest absolute Gasteiger partial charge is 0.0462 e. The Balaban J connectivity index is 1.02. The number of rotatable bonds is 8. The quantitative estimate of drug-likeness (QED) is 0.159. The van der Waals surface area contributed by atoms with E-state index in [0.717, 1.165) is 29.9 Å². The third kappa shape index (κ3) is 6.70. The first-order chi connectivity index (χ1) is 22.7. The molecule has 0 unspecified atom stereocenters. The second-order valence-corrected chi connectivity index (χ2v) is 11.9. The van der Waals surface area contributed by atoms with Crippen LogP contribution in [0.15, 0.2) is 152 Å². The van der Waals surface area contributed by atoms with Crippen molar-refractivity contribution in [3.05, 3.63) is 191 Å². The molecule has 0 saturated carbocycles. The van der Waals surface area contributed by atoms with Gasteiger partial charge in [0.25, 0.3) is 0 Å². The number of hydrogen-bond donors (Lipinski definition) is 0. The molecule has 1 heteroatoms. The first-order valence-corrected chi connectivity index (χ1v) is 16.1. The minimum Gasteiger partial charge on any atom is -0.311 e. The number of anilines is 3. The summed E-state index contributed by atoms with van der Waals surface area (Å²) in [6.45, 7) is 2.12. The number of allylic oxidation sites excluding steroid dienone is 1. The van der Waals surface area contributed by atoms with E-state index in [1.54, 1.807) is 0 Å². The summed E-state index contributed by atoms with van der Waals surface area (Å²) in [5, 5.41) is 0. The van der Waals surface area contributed by atoms with Crippen molar-refractivity contribution in [2.45, 2.75) is 19.8 Å². The number of fused-ring (bicyclic) bond motifs is 1. The molecular formula is C45H37N. The predicted octanol–water partition coefficient (Wildman–Crippen LogP) is 12.4. The van der Waals surface area contributed by atoms with Gasteiger partial charge in [0.1, 0.15) is 0 Å². The summed E-state index contributed by atoms with van der Waals surface area (Å²) >= 11 is 0. The Morgan fingerprint density at radius 2 is 1.00 bits per heavy atom. The Morgan fingerprint density at radius 1 is 0.478 bits per heavy atom. The number of benzene rings is 6. The minimum absolute atomic E-state index is 1.13. The fourth-order valence-electron chi connectivity index (χ4n) is 6.04. The lowest BCUT2D eigenvalue weighted by atomic mass is 9.93. The summed E-state index contributed by atoms with van der Waals surface area (Å²) in [4.78, 5) is 2.29. The number of para-hydroxylation sites is 1. The fraction of sp³-hybridized carbons (Fsp3) is 0.0667. The minimum atomic E-state index is 1.13. The summed E-state index contributed by atoms with van der Waals surface area (Å²) in [5.41, 5.74) is 14.8. The standard InChI is InChI=1S/C45H37N/c1-34-14-30-43(31-15-34)46(42-11-3-2-4-12-42)44-32-23-36(24-33-44)17-16-35-18-25-38(26-19-35)39-27-20-37(21-28-39)22-29-41-10-7-9-40-8-5-6-13-45(40)41/h2-4,6-7,9-33H,5,8H2,1H3/b17-16+,29-22+. The first kappa shape index (κ1) is 29.1. The van der Waals surface area contributed by atoms with E-state index in [1.807, 2.05) is 0 Å². The zero-order valence-electron chi connectivity index (χ0n) is 26.2. The summed E-state index contributed by atoms with van der Waals surface area (Å²) in [6.07, 6.45) is 15.6. The summed E-state index contributed by atoms with van der Waals surface area (Å²) in [6, 6.07) is 52.2. The van der Waals surface area contributed by atoms with Crippen LogP contribution < -0.4 is 4.90 Å². The van der Waals surface area contributed by atoms with Crippen LogP contribution in [0.3, 0.4) is 0 Å². The van der Waals surface area contributed by atoms with Crippen molar-refractivity contribution in [3.63, 3.8) is 0 Å². The van der Waals surface area contributed by atoms with E-state index in [4.69, 9.17) is 0 Å². The molecule has 1 aliphatic rings. The number of hydrogen-bond acceptors (Lipinski definition) is 1. The molecule has 0 bridgehead atoms. The average molecular weight is 592 g/mol. The normalized spacial score (nSPS) is 12.5. The second-order valence-electron chi connectivity index (χ2n) is 11.9. The molecule has 46 heavy (non-hydrogen) atoms. The van der Waals surface area contributed by atoms with E-state index in [1.165, 1.54) is 50.1 Å². The van der Waals surface area contributed by atoms with Crippen LogP contribution in [0.5, 0.6) is 0 Å². The van der Waals surface area contributed by atoms with Crippen molar-refractivity contribution >= 4 is 47.4 Å². The zero-order chi connectivity index (χ0) is 31.1. The second kappa shape index (κ2) is 13.5. The van der Waals surface area contributed by atoms with Crippen molar-refractivity contribution in [1.82, 2.24) is 0 Å². The van der Waals surface area contributed by atoms with Crippen LogP contribution in [-0.2, 0) is 6.42 Å². The molecule has 0 spiro atoms.